The zero-order valence-corrected chi connectivity index (χ0v) is 12.8. The summed E-state index contributed by atoms with van der Waals surface area (Å²) in [5.74, 6) is 0.860. The molecule has 2 atom stereocenters. The molecule has 2 rings (SSSR count). The Morgan fingerprint density at radius 3 is 2.70 bits per heavy atom. The number of nitrogens with two attached hydrogens (primary N) is 1. The summed E-state index contributed by atoms with van der Waals surface area (Å²) in [6.45, 7) is 7.93. The van der Waals surface area contributed by atoms with Crippen LogP contribution < -0.4 is 10.5 Å². The van der Waals surface area contributed by atoms with Crippen LogP contribution in [0.1, 0.15) is 31.9 Å². The molecular formula is C16H26N2O2. The van der Waals surface area contributed by atoms with Crippen molar-refractivity contribution < 1.29 is 9.47 Å². The number of methoxy groups -OCH3 is 1. The molecule has 4 nitrogen and oxygen atoms in total. The van der Waals surface area contributed by atoms with E-state index in [4.69, 9.17) is 15.2 Å². The number of rotatable bonds is 5. The third kappa shape index (κ3) is 2.97. The molecule has 2 unspecified atom stereocenters. The molecule has 1 heterocycles. The highest BCUT2D eigenvalue weighted by Gasteiger charge is 2.37. The second kappa shape index (κ2) is 6.57. The molecule has 0 aliphatic carbocycles. The molecule has 112 valence electrons. The van der Waals surface area contributed by atoms with Crippen LogP contribution in [0, 0.1) is 0 Å². The van der Waals surface area contributed by atoms with Gasteiger partial charge in [0.1, 0.15) is 5.75 Å². The van der Waals surface area contributed by atoms with Crippen LogP contribution in [-0.4, -0.2) is 43.9 Å². The van der Waals surface area contributed by atoms with Crippen LogP contribution >= 0.6 is 0 Å². The molecule has 0 bridgehead atoms. The fourth-order valence-corrected chi connectivity index (χ4v) is 2.91. The van der Waals surface area contributed by atoms with Crippen molar-refractivity contribution in [2.45, 2.75) is 31.8 Å². The zero-order chi connectivity index (χ0) is 14.6. The Balaban J connectivity index is 2.24. The lowest BCUT2D eigenvalue weighted by Crippen LogP contribution is -2.56. The first-order valence-corrected chi connectivity index (χ1v) is 7.34. The highest BCUT2D eigenvalue weighted by molar-refractivity contribution is 5.32. The average Bonchev–Trinajstić information content (AvgIpc) is 2.54. The van der Waals surface area contributed by atoms with E-state index in [0.717, 1.165) is 44.0 Å². The van der Waals surface area contributed by atoms with E-state index in [-0.39, 0.29) is 11.6 Å². The summed E-state index contributed by atoms with van der Waals surface area (Å²) in [6.07, 6.45) is 1.01. The first-order valence-electron chi connectivity index (χ1n) is 7.34. The van der Waals surface area contributed by atoms with Gasteiger partial charge < -0.3 is 15.2 Å². The molecule has 2 N–H and O–H groups in total. The quantitative estimate of drug-likeness (QED) is 0.897. The van der Waals surface area contributed by atoms with Gasteiger partial charge in [-0.1, -0.05) is 19.1 Å². The van der Waals surface area contributed by atoms with E-state index in [1.165, 1.54) is 0 Å². The number of benzene rings is 1. The monoisotopic (exact) mass is 278 g/mol. The molecule has 1 aliphatic rings. The topological polar surface area (TPSA) is 47.7 Å². The Morgan fingerprint density at radius 2 is 2.10 bits per heavy atom. The van der Waals surface area contributed by atoms with Crippen LogP contribution in [-0.2, 0) is 4.74 Å². The first kappa shape index (κ1) is 15.3. The van der Waals surface area contributed by atoms with Gasteiger partial charge in [0.05, 0.1) is 20.3 Å². The maximum absolute atomic E-state index is 6.60. The van der Waals surface area contributed by atoms with Crippen LogP contribution in [0.25, 0.3) is 0 Å². The molecular weight excluding hydrogens is 252 g/mol. The van der Waals surface area contributed by atoms with Gasteiger partial charge in [0.25, 0.3) is 0 Å². The second-order valence-corrected chi connectivity index (χ2v) is 5.56. The molecule has 20 heavy (non-hydrogen) atoms. The van der Waals surface area contributed by atoms with E-state index in [1.807, 2.05) is 18.2 Å². The Kier molecular flexibility index (Phi) is 5.02. The van der Waals surface area contributed by atoms with Gasteiger partial charge in [-0.25, -0.2) is 0 Å². The second-order valence-electron chi connectivity index (χ2n) is 5.56. The van der Waals surface area contributed by atoms with Gasteiger partial charge in [-0.15, -0.1) is 0 Å². The van der Waals surface area contributed by atoms with Crippen LogP contribution in [0.3, 0.4) is 0 Å². The van der Waals surface area contributed by atoms with E-state index in [0.29, 0.717) is 0 Å². The molecule has 1 saturated heterocycles. The largest absolute Gasteiger partial charge is 0.497 e. The zero-order valence-electron chi connectivity index (χ0n) is 12.8. The number of nitrogens with zero attached hydrogens (tertiary/aromatic N) is 1. The standard InChI is InChI=1S/C16H26N2O2/c1-4-16(2,18-8-10-20-11-9-18)15(17)13-6-5-7-14(12-13)19-3/h5-7,12,15H,4,8-11,17H2,1-3H3. The smallest absolute Gasteiger partial charge is 0.119 e. The maximum atomic E-state index is 6.60. The van der Waals surface area contributed by atoms with Gasteiger partial charge >= 0.3 is 0 Å². The summed E-state index contributed by atoms with van der Waals surface area (Å²) in [6, 6.07) is 8.04. The van der Waals surface area contributed by atoms with Crippen molar-refractivity contribution in [2.75, 3.05) is 33.4 Å². The molecule has 0 aromatic heterocycles. The number of ether oxygens (including phenoxy) is 2. The van der Waals surface area contributed by atoms with Gasteiger partial charge in [0.15, 0.2) is 0 Å². The summed E-state index contributed by atoms with van der Waals surface area (Å²) in [4.78, 5) is 2.46. The third-order valence-corrected chi connectivity index (χ3v) is 4.57. The number of hydrogen-bond donors (Lipinski definition) is 1. The van der Waals surface area contributed by atoms with E-state index in [9.17, 15) is 0 Å². The van der Waals surface area contributed by atoms with Crippen molar-refractivity contribution in [2.24, 2.45) is 5.73 Å². The maximum Gasteiger partial charge on any atom is 0.119 e. The molecule has 0 amide bonds. The summed E-state index contributed by atoms with van der Waals surface area (Å²) in [5, 5.41) is 0. The van der Waals surface area contributed by atoms with Gasteiger partial charge in [0.2, 0.25) is 0 Å². The first-order chi connectivity index (χ1) is 9.61. The van der Waals surface area contributed by atoms with Crippen molar-refractivity contribution in [1.29, 1.82) is 0 Å². The van der Waals surface area contributed by atoms with Gasteiger partial charge in [-0.05, 0) is 31.0 Å². The Bertz CT molecular complexity index is 432. The van der Waals surface area contributed by atoms with Crippen molar-refractivity contribution in [3.05, 3.63) is 29.8 Å². The van der Waals surface area contributed by atoms with Crippen molar-refractivity contribution in [3.8, 4) is 5.75 Å². The lowest BCUT2D eigenvalue weighted by molar-refractivity contribution is -0.0278. The molecule has 1 aliphatic heterocycles. The Labute approximate surface area is 121 Å². The van der Waals surface area contributed by atoms with Gasteiger partial charge in [-0.2, -0.15) is 0 Å². The molecule has 1 fully saturated rings. The highest BCUT2D eigenvalue weighted by Crippen LogP contribution is 2.34. The SMILES string of the molecule is CCC(C)(C(N)c1cccc(OC)c1)N1CCOCC1. The summed E-state index contributed by atoms with van der Waals surface area (Å²) < 4.78 is 10.8. The lowest BCUT2D eigenvalue weighted by atomic mass is 9.83. The average molecular weight is 278 g/mol. The van der Waals surface area contributed by atoms with Crippen molar-refractivity contribution >= 4 is 0 Å². The van der Waals surface area contributed by atoms with E-state index in [2.05, 4.69) is 24.8 Å². The van der Waals surface area contributed by atoms with Crippen molar-refractivity contribution in [3.63, 3.8) is 0 Å². The van der Waals surface area contributed by atoms with Crippen molar-refractivity contribution in [1.82, 2.24) is 4.90 Å². The molecule has 0 saturated carbocycles. The minimum atomic E-state index is -0.0594. The lowest BCUT2D eigenvalue weighted by Gasteiger charge is -2.46. The molecule has 1 aromatic carbocycles. The van der Waals surface area contributed by atoms with Crippen LogP contribution in [0.4, 0.5) is 0 Å². The van der Waals surface area contributed by atoms with Crippen LogP contribution in [0.5, 0.6) is 5.75 Å². The van der Waals surface area contributed by atoms with Crippen LogP contribution in [0.2, 0.25) is 0 Å². The van der Waals surface area contributed by atoms with Crippen LogP contribution in [0.15, 0.2) is 24.3 Å². The number of morpholine rings is 1. The summed E-state index contributed by atoms with van der Waals surface area (Å²) >= 11 is 0. The fraction of sp³-hybridized carbons (Fsp3) is 0.625. The Hall–Kier alpha value is -1.10. The molecule has 0 spiro atoms. The van der Waals surface area contributed by atoms with E-state index in [1.54, 1.807) is 7.11 Å². The summed E-state index contributed by atoms with van der Waals surface area (Å²) in [5.41, 5.74) is 7.67. The minimum Gasteiger partial charge on any atom is -0.497 e. The molecule has 4 heteroatoms. The fourth-order valence-electron chi connectivity index (χ4n) is 2.91. The third-order valence-electron chi connectivity index (χ3n) is 4.57. The summed E-state index contributed by atoms with van der Waals surface area (Å²) in [7, 11) is 1.69. The highest BCUT2D eigenvalue weighted by atomic mass is 16.5. The molecule has 0 radical (unpaired) electrons. The number of hydrogen-bond acceptors (Lipinski definition) is 4. The Morgan fingerprint density at radius 1 is 1.40 bits per heavy atom. The van der Waals surface area contributed by atoms with E-state index < -0.39 is 0 Å². The predicted molar refractivity (Wildman–Crippen MR) is 81.0 cm³/mol. The van der Waals surface area contributed by atoms with Gasteiger partial charge in [-0.3, -0.25) is 4.90 Å². The van der Waals surface area contributed by atoms with Gasteiger partial charge in [0, 0.05) is 24.7 Å². The predicted octanol–water partition coefficient (Wildman–Crippen LogP) is 2.20. The molecule has 1 aromatic rings. The van der Waals surface area contributed by atoms with E-state index >= 15 is 0 Å². The normalized spacial score (nSPS) is 21.2. The minimum absolute atomic E-state index is 0.0410.